The van der Waals surface area contributed by atoms with Gasteiger partial charge in [-0.15, -0.1) is 0 Å². The summed E-state index contributed by atoms with van der Waals surface area (Å²) in [6.45, 7) is 7.44. The molecule has 7 heteroatoms. The third-order valence-corrected chi connectivity index (χ3v) is 7.91. The lowest BCUT2D eigenvalue weighted by Crippen LogP contribution is -2.53. The van der Waals surface area contributed by atoms with Crippen molar-refractivity contribution < 1.29 is 18.0 Å². The number of rotatable bonds is 6. The summed E-state index contributed by atoms with van der Waals surface area (Å²) in [5.41, 5.74) is 0.244. The van der Waals surface area contributed by atoms with Gasteiger partial charge in [-0.3, -0.25) is 9.59 Å². The van der Waals surface area contributed by atoms with E-state index in [0.29, 0.717) is 19.5 Å². The number of hydrogen-bond acceptors (Lipinski definition) is 4. The van der Waals surface area contributed by atoms with Gasteiger partial charge < -0.3 is 9.80 Å². The van der Waals surface area contributed by atoms with Gasteiger partial charge in [0.15, 0.2) is 9.84 Å². The second-order valence-corrected chi connectivity index (χ2v) is 11.3. The molecule has 0 N–H and O–H groups in total. The molecule has 3 fully saturated rings. The maximum atomic E-state index is 12.9. The topological polar surface area (TPSA) is 74.8 Å². The molecule has 1 saturated carbocycles. The van der Waals surface area contributed by atoms with Crippen molar-refractivity contribution in [2.45, 2.75) is 71.4 Å². The number of nitrogens with zero attached hydrogens (tertiary/aromatic N) is 2. The fourth-order valence-corrected chi connectivity index (χ4v) is 6.25. The lowest BCUT2D eigenvalue weighted by Gasteiger charge is -2.35. The molecular weight excluding hydrogens is 352 g/mol. The smallest absolute Gasteiger partial charge is 0.238 e. The van der Waals surface area contributed by atoms with Crippen LogP contribution in [0.5, 0.6) is 0 Å². The highest BCUT2D eigenvalue weighted by atomic mass is 32.2. The zero-order chi connectivity index (χ0) is 19.1. The van der Waals surface area contributed by atoms with E-state index >= 15 is 0 Å². The molecule has 0 radical (unpaired) electrons. The van der Waals surface area contributed by atoms with Gasteiger partial charge in [0.2, 0.25) is 11.8 Å². The molecule has 148 valence electrons. The number of amides is 2. The lowest BCUT2D eigenvalue weighted by atomic mass is 9.90. The van der Waals surface area contributed by atoms with Crippen LogP contribution in [0.25, 0.3) is 0 Å². The molecule has 2 aliphatic heterocycles. The van der Waals surface area contributed by atoms with Gasteiger partial charge in [0.25, 0.3) is 0 Å². The van der Waals surface area contributed by atoms with E-state index < -0.39 is 9.84 Å². The van der Waals surface area contributed by atoms with E-state index in [9.17, 15) is 18.0 Å². The predicted octanol–water partition coefficient (Wildman–Crippen LogP) is 1.84. The van der Waals surface area contributed by atoms with Gasteiger partial charge in [-0.1, -0.05) is 27.2 Å². The largest absolute Gasteiger partial charge is 0.336 e. The molecule has 26 heavy (non-hydrogen) atoms. The van der Waals surface area contributed by atoms with Gasteiger partial charge >= 0.3 is 0 Å². The fourth-order valence-electron chi connectivity index (χ4n) is 4.83. The number of hydrogen-bond donors (Lipinski definition) is 0. The minimum atomic E-state index is -3.32. The van der Waals surface area contributed by atoms with Gasteiger partial charge in [-0.2, -0.15) is 0 Å². The molecule has 0 aromatic heterocycles. The van der Waals surface area contributed by atoms with Crippen LogP contribution < -0.4 is 0 Å². The van der Waals surface area contributed by atoms with Gasteiger partial charge in [-0.25, -0.2) is 8.42 Å². The minimum absolute atomic E-state index is 0.00719. The van der Waals surface area contributed by atoms with Crippen LogP contribution in [-0.2, 0) is 19.4 Å². The summed E-state index contributed by atoms with van der Waals surface area (Å²) in [4.78, 5) is 29.0. The summed E-state index contributed by atoms with van der Waals surface area (Å²) in [6, 6.07) is 0.0609. The Labute approximate surface area is 157 Å². The van der Waals surface area contributed by atoms with Crippen molar-refractivity contribution in [3.63, 3.8) is 0 Å². The molecule has 0 spiro atoms. The number of piperazine rings is 1. The Balaban J connectivity index is 1.55. The van der Waals surface area contributed by atoms with Crippen molar-refractivity contribution >= 4 is 21.7 Å². The maximum Gasteiger partial charge on any atom is 0.238 e. The predicted molar refractivity (Wildman–Crippen MR) is 100 cm³/mol. The number of fused-ring (bicyclic) bond motifs is 2. The first-order chi connectivity index (χ1) is 12.1. The van der Waals surface area contributed by atoms with Crippen LogP contribution in [-0.4, -0.2) is 66.7 Å². The molecule has 3 atom stereocenters. The molecule has 3 aliphatic rings. The number of unbranched alkanes of at least 4 members (excludes halogenated alkanes) is 1. The molecular formula is C19H32N2O4S. The van der Waals surface area contributed by atoms with Crippen molar-refractivity contribution in [1.82, 2.24) is 9.80 Å². The van der Waals surface area contributed by atoms with Crippen LogP contribution in [0.15, 0.2) is 0 Å². The zero-order valence-electron chi connectivity index (χ0n) is 16.2. The lowest BCUT2D eigenvalue weighted by molar-refractivity contribution is -0.141. The molecule has 3 rings (SSSR count). The maximum absolute atomic E-state index is 12.9. The Morgan fingerprint density at radius 3 is 2.31 bits per heavy atom. The van der Waals surface area contributed by atoms with E-state index in [2.05, 4.69) is 13.8 Å². The Morgan fingerprint density at radius 1 is 1.12 bits per heavy atom. The van der Waals surface area contributed by atoms with E-state index in [1.165, 1.54) is 0 Å². The number of sulfone groups is 1. The molecule has 0 aromatic carbocycles. The number of carbonyl (C=O) groups is 2. The minimum Gasteiger partial charge on any atom is -0.336 e. The number of carbonyl (C=O) groups excluding carboxylic acids is 2. The zero-order valence-corrected chi connectivity index (χ0v) is 17.1. The van der Waals surface area contributed by atoms with E-state index in [4.69, 9.17) is 0 Å². The highest BCUT2D eigenvalue weighted by molar-refractivity contribution is 7.92. The highest BCUT2D eigenvalue weighted by Crippen LogP contribution is 2.43. The fraction of sp³-hybridized carbons (Fsp3) is 0.895. The Kier molecular flexibility index (Phi) is 5.39. The molecule has 6 nitrogen and oxygen atoms in total. The average Bonchev–Trinajstić information content (AvgIpc) is 3.25. The van der Waals surface area contributed by atoms with Gasteiger partial charge in [0.05, 0.1) is 17.8 Å². The van der Waals surface area contributed by atoms with Crippen molar-refractivity contribution in [2.24, 2.45) is 11.3 Å². The third-order valence-electron chi connectivity index (χ3n) is 6.31. The van der Waals surface area contributed by atoms with Crippen LogP contribution in [0, 0.1) is 11.3 Å². The Hall–Kier alpha value is -1.11. The van der Waals surface area contributed by atoms with Crippen molar-refractivity contribution in [3.8, 4) is 0 Å². The van der Waals surface area contributed by atoms with Crippen LogP contribution in [0.2, 0.25) is 0 Å². The average molecular weight is 385 g/mol. The molecule has 2 saturated heterocycles. The first-order valence-electron chi connectivity index (χ1n) is 9.92. The van der Waals surface area contributed by atoms with Crippen LogP contribution in [0.1, 0.15) is 59.3 Å². The van der Waals surface area contributed by atoms with Crippen molar-refractivity contribution in [2.75, 3.05) is 24.6 Å². The first kappa shape index (κ1) is 19.6. The summed E-state index contributed by atoms with van der Waals surface area (Å²) in [5, 5.41) is 0. The van der Waals surface area contributed by atoms with Gasteiger partial charge in [0, 0.05) is 19.0 Å². The molecule has 2 bridgehead atoms. The molecule has 0 aromatic rings. The second-order valence-electron chi connectivity index (χ2n) is 9.13. The molecule has 1 unspecified atom stereocenters. The van der Waals surface area contributed by atoms with Crippen molar-refractivity contribution in [3.05, 3.63) is 0 Å². The van der Waals surface area contributed by atoms with Gasteiger partial charge in [0.1, 0.15) is 5.75 Å². The van der Waals surface area contributed by atoms with E-state index in [0.717, 1.165) is 32.1 Å². The standard InChI is InChI=1S/C19H32N2O4S/c1-4-5-8-26(24,25)13-17(22)20-11-16-9-15(20)12-21(16)18(23)14-6-7-19(2,3)10-14/h14-16H,4-13H2,1-3H3/t14?,15-,16-/m0/s1. The van der Waals surface area contributed by atoms with E-state index in [1.807, 2.05) is 11.8 Å². The number of likely N-dealkylation sites (tertiary alicyclic amines) is 2. The second kappa shape index (κ2) is 7.13. The van der Waals surface area contributed by atoms with Crippen LogP contribution in [0.3, 0.4) is 0 Å². The SMILES string of the molecule is CCCCS(=O)(=O)CC(=O)N1C[C@@H]2C[C@H]1CN2C(=O)C1CCC(C)(C)C1. The van der Waals surface area contributed by atoms with E-state index in [-0.39, 0.29) is 46.7 Å². The summed E-state index contributed by atoms with van der Waals surface area (Å²) >= 11 is 0. The molecule has 1 aliphatic carbocycles. The Morgan fingerprint density at radius 2 is 1.77 bits per heavy atom. The van der Waals surface area contributed by atoms with Crippen molar-refractivity contribution in [1.29, 1.82) is 0 Å². The first-order valence-corrected chi connectivity index (χ1v) is 11.7. The van der Waals surface area contributed by atoms with Crippen LogP contribution >= 0.6 is 0 Å². The highest BCUT2D eigenvalue weighted by Gasteiger charge is 2.49. The summed E-state index contributed by atoms with van der Waals surface area (Å²) in [5.74, 6) is -0.239. The van der Waals surface area contributed by atoms with Crippen LogP contribution in [0.4, 0.5) is 0 Å². The quantitative estimate of drug-likeness (QED) is 0.700. The van der Waals surface area contributed by atoms with E-state index in [1.54, 1.807) is 4.90 Å². The summed E-state index contributed by atoms with van der Waals surface area (Å²) < 4.78 is 24.1. The third kappa shape index (κ3) is 4.07. The summed E-state index contributed by atoms with van der Waals surface area (Å²) in [7, 11) is -3.32. The van der Waals surface area contributed by atoms with Gasteiger partial charge in [-0.05, 0) is 37.5 Å². The monoisotopic (exact) mass is 384 g/mol. The molecule has 2 amide bonds. The normalized spacial score (nSPS) is 30.2. The summed E-state index contributed by atoms with van der Waals surface area (Å²) in [6.07, 6.45) is 5.18. The molecule has 2 heterocycles. The Bertz CT molecular complexity index is 673.